The van der Waals surface area contributed by atoms with Crippen LogP contribution in [-0.4, -0.2) is 5.78 Å². The lowest BCUT2D eigenvalue weighted by molar-refractivity contribution is -0.152. The number of benzene rings is 1. The first-order chi connectivity index (χ1) is 16.7. The van der Waals surface area contributed by atoms with Crippen molar-refractivity contribution >= 4 is 5.78 Å². The molecule has 0 saturated heterocycles. The molecule has 0 heterocycles. The van der Waals surface area contributed by atoms with Crippen molar-refractivity contribution in [1.29, 1.82) is 0 Å². The Labute approximate surface area is 216 Å². The van der Waals surface area contributed by atoms with Crippen molar-refractivity contribution in [3.63, 3.8) is 0 Å². The van der Waals surface area contributed by atoms with Crippen LogP contribution in [0.2, 0.25) is 0 Å². The molecule has 1 unspecified atom stereocenters. The van der Waals surface area contributed by atoms with Gasteiger partial charge in [0.05, 0.1) is 0 Å². The topological polar surface area (TPSA) is 17.1 Å². The van der Waals surface area contributed by atoms with Crippen LogP contribution in [0, 0.1) is 58.2 Å². The first-order valence-corrected chi connectivity index (χ1v) is 15.3. The summed E-state index contributed by atoms with van der Waals surface area (Å²) in [5.74, 6) is 6.76. The van der Waals surface area contributed by atoms with Crippen LogP contribution in [0.15, 0.2) is 30.3 Å². The average molecular weight is 477 g/mol. The second-order valence-electron chi connectivity index (χ2n) is 14.4. The van der Waals surface area contributed by atoms with E-state index in [1.165, 1.54) is 63.4 Å². The van der Waals surface area contributed by atoms with Crippen molar-refractivity contribution in [3.05, 3.63) is 35.9 Å². The molecule has 0 radical (unpaired) electrons. The van der Waals surface area contributed by atoms with Gasteiger partial charge in [-0.1, -0.05) is 84.2 Å². The fourth-order valence-electron chi connectivity index (χ4n) is 10.5. The number of hydrogen-bond acceptors (Lipinski definition) is 1. The monoisotopic (exact) mass is 476 g/mol. The predicted octanol–water partition coefficient (Wildman–Crippen LogP) is 9.15. The van der Waals surface area contributed by atoms with Crippen LogP contribution < -0.4 is 0 Å². The van der Waals surface area contributed by atoms with Crippen molar-refractivity contribution in [3.8, 4) is 0 Å². The number of carbonyl (C=O) groups is 1. The van der Waals surface area contributed by atoms with Gasteiger partial charge in [-0.05, 0) is 109 Å². The maximum atomic E-state index is 13.2. The van der Waals surface area contributed by atoms with Crippen molar-refractivity contribution in [1.82, 2.24) is 0 Å². The van der Waals surface area contributed by atoms with Gasteiger partial charge in [-0.25, -0.2) is 0 Å². The molecule has 0 spiro atoms. The molecule has 0 N–H and O–H groups in total. The molecule has 4 aliphatic carbocycles. The molecule has 194 valence electrons. The molecule has 0 aliphatic heterocycles. The van der Waals surface area contributed by atoms with Gasteiger partial charge in [-0.15, -0.1) is 0 Å². The summed E-state index contributed by atoms with van der Waals surface area (Å²) in [6.45, 7) is 12.7. The first-order valence-electron chi connectivity index (χ1n) is 15.3. The smallest absolute Gasteiger partial charge is 0.136 e. The zero-order chi connectivity index (χ0) is 24.8. The predicted molar refractivity (Wildman–Crippen MR) is 147 cm³/mol. The Hall–Kier alpha value is -1.11. The highest BCUT2D eigenvalue weighted by molar-refractivity contribution is 5.82. The van der Waals surface area contributed by atoms with E-state index >= 15 is 0 Å². The van der Waals surface area contributed by atoms with E-state index in [-0.39, 0.29) is 5.92 Å². The van der Waals surface area contributed by atoms with E-state index in [9.17, 15) is 4.79 Å². The van der Waals surface area contributed by atoms with Crippen LogP contribution in [-0.2, 0) is 11.2 Å². The van der Waals surface area contributed by atoms with E-state index in [4.69, 9.17) is 0 Å². The third-order valence-electron chi connectivity index (χ3n) is 12.3. The van der Waals surface area contributed by atoms with Crippen LogP contribution in [0.25, 0.3) is 0 Å². The molecule has 9 atom stereocenters. The Morgan fingerprint density at radius 3 is 2.29 bits per heavy atom. The van der Waals surface area contributed by atoms with Gasteiger partial charge in [0, 0.05) is 12.3 Å². The molecule has 1 aromatic rings. The van der Waals surface area contributed by atoms with Crippen LogP contribution in [0.4, 0.5) is 0 Å². The van der Waals surface area contributed by atoms with Gasteiger partial charge in [0.15, 0.2) is 0 Å². The number of hydrogen-bond donors (Lipinski definition) is 0. The summed E-state index contributed by atoms with van der Waals surface area (Å²) in [5, 5.41) is 0. The maximum absolute atomic E-state index is 13.2. The molecular weight excluding hydrogens is 424 g/mol. The summed E-state index contributed by atoms with van der Waals surface area (Å²) in [5.41, 5.74) is 2.30. The number of rotatable bonds is 7. The van der Waals surface area contributed by atoms with Crippen LogP contribution in [0.1, 0.15) is 111 Å². The van der Waals surface area contributed by atoms with Crippen molar-refractivity contribution < 1.29 is 4.79 Å². The fraction of sp³-hybridized carbons (Fsp3) is 0.794. The summed E-state index contributed by atoms with van der Waals surface area (Å²) in [6.07, 6.45) is 15.7. The lowest BCUT2D eigenvalue weighted by atomic mass is 9.43. The van der Waals surface area contributed by atoms with E-state index < -0.39 is 0 Å². The van der Waals surface area contributed by atoms with Crippen LogP contribution in [0.3, 0.4) is 0 Å². The minimum absolute atomic E-state index is 0.253. The summed E-state index contributed by atoms with van der Waals surface area (Å²) in [6, 6.07) is 10.8. The number of fused-ring (bicyclic) bond motifs is 5. The highest BCUT2D eigenvalue weighted by atomic mass is 16.1. The molecule has 1 aromatic carbocycles. The van der Waals surface area contributed by atoms with Gasteiger partial charge in [-0.2, -0.15) is 0 Å². The minimum atomic E-state index is 0.253. The SMILES string of the molecule is CC(C)CCC[C@@H](C)[C@H]1CC[C@H]2[C@@H]3CCC4[C@H](Cc5ccccc5)C(=O)CC[C@]4(C)[C@H]3CC[C@]12C. The van der Waals surface area contributed by atoms with E-state index in [2.05, 4.69) is 65.0 Å². The molecule has 4 aliphatic rings. The Balaban J connectivity index is 1.32. The lowest BCUT2D eigenvalue weighted by Crippen LogP contribution is -2.56. The zero-order valence-corrected chi connectivity index (χ0v) is 23.4. The van der Waals surface area contributed by atoms with Crippen LogP contribution in [0.5, 0.6) is 0 Å². The number of carbonyl (C=O) groups excluding carboxylic acids is 1. The third kappa shape index (κ3) is 4.57. The fourth-order valence-corrected chi connectivity index (χ4v) is 10.5. The van der Waals surface area contributed by atoms with Gasteiger partial charge in [-0.3, -0.25) is 4.79 Å². The molecule has 0 bridgehead atoms. The second-order valence-corrected chi connectivity index (χ2v) is 14.4. The highest BCUT2D eigenvalue weighted by Crippen LogP contribution is 2.68. The zero-order valence-electron chi connectivity index (χ0n) is 23.4. The van der Waals surface area contributed by atoms with Crippen molar-refractivity contribution in [2.45, 2.75) is 112 Å². The van der Waals surface area contributed by atoms with E-state index in [1.807, 2.05) is 0 Å². The maximum Gasteiger partial charge on any atom is 0.136 e. The Kier molecular flexibility index (Phi) is 7.28. The molecule has 1 nitrogen and oxygen atoms in total. The number of Topliss-reactive ketones (excluding diaryl/α,β-unsaturated/α-hetero) is 1. The van der Waals surface area contributed by atoms with Crippen molar-refractivity contribution in [2.24, 2.45) is 58.2 Å². The van der Waals surface area contributed by atoms with Gasteiger partial charge >= 0.3 is 0 Å². The molecule has 5 rings (SSSR count). The van der Waals surface area contributed by atoms with Crippen LogP contribution >= 0.6 is 0 Å². The van der Waals surface area contributed by atoms with Gasteiger partial charge in [0.25, 0.3) is 0 Å². The summed E-state index contributed by atoms with van der Waals surface area (Å²) in [4.78, 5) is 13.2. The second kappa shape index (κ2) is 9.98. The summed E-state index contributed by atoms with van der Waals surface area (Å²) in [7, 11) is 0. The molecule has 1 heteroatoms. The summed E-state index contributed by atoms with van der Waals surface area (Å²) < 4.78 is 0. The largest absolute Gasteiger partial charge is 0.299 e. The van der Waals surface area contributed by atoms with Gasteiger partial charge in [0.2, 0.25) is 0 Å². The van der Waals surface area contributed by atoms with E-state index in [1.54, 1.807) is 0 Å². The lowest BCUT2D eigenvalue weighted by Gasteiger charge is -2.62. The quantitative estimate of drug-likeness (QED) is 0.383. The standard InChI is InChI=1S/C34H52O/c1-23(2)10-9-11-24(3)28-16-17-29-26-14-15-30-27(22-25-12-7-6-8-13-25)32(35)19-21-34(30,5)31(26)18-20-33(28,29)4/h6-8,12-13,23-24,26-31H,9-11,14-22H2,1-5H3/t24-,26+,27+,28-,29+,30?,31+,33-,34+/m1/s1. The molecule has 4 fully saturated rings. The minimum Gasteiger partial charge on any atom is -0.299 e. The molecule has 4 saturated carbocycles. The highest BCUT2D eigenvalue weighted by Gasteiger charge is 2.61. The Morgan fingerprint density at radius 1 is 0.829 bits per heavy atom. The molecule has 35 heavy (non-hydrogen) atoms. The Morgan fingerprint density at radius 2 is 1.54 bits per heavy atom. The van der Waals surface area contributed by atoms with E-state index in [0.717, 1.165) is 54.8 Å². The first kappa shape index (κ1) is 25.5. The normalized spacial score (nSPS) is 41.8. The third-order valence-corrected chi connectivity index (χ3v) is 12.3. The van der Waals surface area contributed by atoms with Gasteiger partial charge < -0.3 is 0 Å². The Bertz CT molecular complexity index is 872. The summed E-state index contributed by atoms with van der Waals surface area (Å²) >= 11 is 0. The molecular formula is C34H52O. The van der Waals surface area contributed by atoms with E-state index in [0.29, 0.717) is 22.5 Å². The average Bonchev–Trinajstić information content (AvgIpc) is 3.19. The van der Waals surface area contributed by atoms with Crippen molar-refractivity contribution in [2.75, 3.05) is 0 Å². The number of ketones is 1. The molecule has 0 amide bonds. The molecule has 0 aromatic heterocycles. The van der Waals surface area contributed by atoms with Gasteiger partial charge in [0.1, 0.15) is 5.78 Å².